The molecule has 0 aliphatic carbocycles. The van der Waals surface area contributed by atoms with Gasteiger partial charge >= 0.3 is 6.18 Å². The van der Waals surface area contributed by atoms with E-state index in [2.05, 4.69) is 15.6 Å². The molecule has 2 N–H and O–H groups in total. The number of hydrogen-bond acceptors (Lipinski definition) is 4. The molecule has 0 aliphatic heterocycles. The number of alkyl halides is 3. The molecular formula is C36H33F3N4O2. The van der Waals surface area contributed by atoms with Crippen molar-refractivity contribution in [2.24, 2.45) is 0 Å². The first kappa shape index (κ1) is 31.4. The molecule has 2 amide bonds. The van der Waals surface area contributed by atoms with Crippen LogP contribution in [0.3, 0.4) is 0 Å². The van der Waals surface area contributed by atoms with Gasteiger partial charge in [0.25, 0.3) is 5.91 Å². The molecule has 1 unspecified atom stereocenters. The number of aromatic nitrogens is 1. The van der Waals surface area contributed by atoms with Gasteiger partial charge < -0.3 is 10.2 Å². The van der Waals surface area contributed by atoms with Crippen LogP contribution in [0, 0.1) is 0 Å². The Morgan fingerprint density at radius 1 is 0.822 bits per heavy atom. The molecule has 6 nitrogen and oxygen atoms in total. The molecule has 1 atom stereocenters. The predicted octanol–water partition coefficient (Wildman–Crippen LogP) is 7.87. The summed E-state index contributed by atoms with van der Waals surface area (Å²) < 4.78 is 39.1. The van der Waals surface area contributed by atoms with Crippen LogP contribution < -0.4 is 10.6 Å². The van der Waals surface area contributed by atoms with Crippen LogP contribution in [0.2, 0.25) is 0 Å². The van der Waals surface area contributed by atoms with Gasteiger partial charge in [0.1, 0.15) is 11.9 Å². The zero-order valence-corrected chi connectivity index (χ0v) is 24.9. The summed E-state index contributed by atoms with van der Waals surface area (Å²) in [5.41, 5.74) is 3.11. The number of nitrogens with zero attached hydrogens (tertiary/aromatic N) is 2. The topological polar surface area (TPSA) is 74.3 Å². The van der Waals surface area contributed by atoms with Gasteiger partial charge in [-0.2, -0.15) is 13.2 Å². The van der Waals surface area contributed by atoms with Gasteiger partial charge in [0.05, 0.1) is 11.1 Å². The summed E-state index contributed by atoms with van der Waals surface area (Å²) in [4.78, 5) is 33.0. The van der Waals surface area contributed by atoms with Crippen LogP contribution in [0.15, 0.2) is 109 Å². The highest BCUT2D eigenvalue weighted by molar-refractivity contribution is 6.08. The predicted molar refractivity (Wildman–Crippen MR) is 171 cm³/mol. The Hall–Kier alpha value is -5.02. The van der Waals surface area contributed by atoms with E-state index >= 15 is 0 Å². The molecule has 0 radical (unpaired) electrons. The number of nitrogens with one attached hydrogen (secondary N) is 2. The van der Waals surface area contributed by atoms with Crippen molar-refractivity contribution in [1.82, 2.24) is 15.2 Å². The van der Waals surface area contributed by atoms with E-state index in [-0.39, 0.29) is 5.91 Å². The maximum Gasteiger partial charge on any atom is 0.416 e. The van der Waals surface area contributed by atoms with E-state index in [1.54, 1.807) is 30.3 Å². The number of pyridine rings is 1. The number of carbonyl (C=O) groups is 2. The smallest absolute Gasteiger partial charge is 0.342 e. The van der Waals surface area contributed by atoms with Crippen LogP contribution in [0.1, 0.15) is 46.9 Å². The average Bonchev–Trinajstić information content (AvgIpc) is 3.05. The highest BCUT2D eigenvalue weighted by Gasteiger charge is 2.30. The molecule has 5 rings (SSSR count). The summed E-state index contributed by atoms with van der Waals surface area (Å²) in [6, 6.07) is 30.0. The lowest BCUT2D eigenvalue weighted by Crippen LogP contribution is -2.40. The molecule has 1 heterocycles. The fourth-order valence-corrected chi connectivity index (χ4v) is 5.24. The number of amides is 2. The minimum atomic E-state index is -4.44. The molecular weight excluding hydrogens is 577 g/mol. The molecule has 0 saturated carbocycles. The van der Waals surface area contributed by atoms with Gasteiger partial charge in [0, 0.05) is 30.6 Å². The summed E-state index contributed by atoms with van der Waals surface area (Å²) >= 11 is 0. The number of halogens is 3. The maximum absolute atomic E-state index is 13.3. The van der Waals surface area contributed by atoms with Gasteiger partial charge in [-0.3, -0.25) is 14.9 Å². The fourth-order valence-electron chi connectivity index (χ4n) is 5.24. The van der Waals surface area contributed by atoms with Crippen LogP contribution in [-0.4, -0.2) is 34.8 Å². The van der Waals surface area contributed by atoms with Gasteiger partial charge in [-0.25, -0.2) is 4.98 Å². The lowest BCUT2D eigenvalue weighted by atomic mass is 9.98. The number of likely N-dealkylation sites (N-methyl/N-ethyl adjacent to an activating group) is 1. The van der Waals surface area contributed by atoms with Crippen LogP contribution in [0.5, 0.6) is 0 Å². The largest absolute Gasteiger partial charge is 0.416 e. The zero-order valence-electron chi connectivity index (χ0n) is 24.9. The van der Waals surface area contributed by atoms with Crippen molar-refractivity contribution in [2.45, 2.75) is 32.6 Å². The van der Waals surface area contributed by atoms with E-state index in [9.17, 15) is 22.8 Å². The van der Waals surface area contributed by atoms with E-state index in [0.717, 1.165) is 28.6 Å². The Morgan fingerprint density at radius 2 is 1.51 bits per heavy atom. The lowest BCUT2D eigenvalue weighted by molar-refractivity contribution is -0.137. The van der Waals surface area contributed by atoms with Crippen molar-refractivity contribution in [3.63, 3.8) is 0 Å². The van der Waals surface area contributed by atoms with Crippen LogP contribution >= 0.6 is 0 Å². The third-order valence-electron chi connectivity index (χ3n) is 7.66. The highest BCUT2D eigenvalue weighted by Crippen LogP contribution is 2.32. The standard InChI is InChI=1S/C36H33F3N4O2/c1-3-43(4-2)35(45)33(26-10-6-5-7-11-26)40-23-24-14-20-31-27(22-24)17-21-32(41-31)42-34(44)30-13-9-8-12-29(30)25-15-18-28(19-16-25)36(37,38)39/h5-22,33,40H,3-4,23H2,1-2H3,(H,41,42,44). The summed E-state index contributed by atoms with van der Waals surface area (Å²) in [7, 11) is 0. The Bertz CT molecular complexity index is 1790. The first-order chi connectivity index (χ1) is 21.7. The van der Waals surface area contributed by atoms with Crippen molar-refractivity contribution in [3.05, 3.63) is 131 Å². The molecule has 0 spiro atoms. The SMILES string of the molecule is CCN(CC)C(=O)C(NCc1ccc2nc(NC(=O)c3ccccc3-c3ccc(C(F)(F)F)cc3)ccc2c1)c1ccccc1. The van der Waals surface area contributed by atoms with E-state index in [1.807, 2.05) is 73.3 Å². The van der Waals surface area contributed by atoms with Gasteiger partial charge in [0.2, 0.25) is 5.91 Å². The van der Waals surface area contributed by atoms with Crippen molar-refractivity contribution >= 4 is 28.5 Å². The van der Waals surface area contributed by atoms with E-state index in [4.69, 9.17) is 0 Å². The van der Waals surface area contributed by atoms with Gasteiger partial charge in [0.15, 0.2) is 0 Å². The van der Waals surface area contributed by atoms with Crippen molar-refractivity contribution in [1.29, 1.82) is 0 Å². The lowest BCUT2D eigenvalue weighted by Gasteiger charge is -2.26. The molecule has 9 heteroatoms. The molecule has 45 heavy (non-hydrogen) atoms. The Kier molecular flexibility index (Phi) is 9.59. The van der Waals surface area contributed by atoms with Gasteiger partial charge in [-0.1, -0.05) is 66.7 Å². The second-order valence-corrected chi connectivity index (χ2v) is 10.5. The first-order valence-electron chi connectivity index (χ1n) is 14.7. The van der Waals surface area contributed by atoms with Crippen LogP contribution in [0.4, 0.5) is 19.0 Å². The van der Waals surface area contributed by atoms with Crippen LogP contribution in [0.25, 0.3) is 22.0 Å². The average molecular weight is 611 g/mol. The second kappa shape index (κ2) is 13.7. The quantitative estimate of drug-likeness (QED) is 0.169. The third kappa shape index (κ3) is 7.38. The fraction of sp³-hybridized carbons (Fsp3) is 0.194. The number of anilines is 1. The third-order valence-corrected chi connectivity index (χ3v) is 7.66. The first-order valence-corrected chi connectivity index (χ1v) is 14.7. The van der Waals surface area contributed by atoms with E-state index in [1.165, 1.54) is 12.1 Å². The van der Waals surface area contributed by atoms with Crippen molar-refractivity contribution < 1.29 is 22.8 Å². The Labute approximate surface area is 259 Å². The minimum Gasteiger partial charge on any atom is -0.342 e. The van der Waals surface area contributed by atoms with Crippen LogP contribution in [-0.2, 0) is 17.5 Å². The molecule has 4 aromatic carbocycles. The molecule has 0 saturated heterocycles. The second-order valence-electron chi connectivity index (χ2n) is 10.5. The zero-order chi connectivity index (χ0) is 32.0. The molecule has 0 bridgehead atoms. The maximum atomic E-state index is 13.3. The van der Waals surface area contributed by atoms with E-state index in [0.29, 0.717) is 47.7 Å². The van der Waals surface area contributed by atoms with Gasteiger partial charge in [-0.05, 0) is 78.6 Å². The highest BCUT2D eigenvalue weighted by atomic mass is 19.4. The normalized spacial score (nSPS) is 12.1. The number of rotatable bonds is 10. The van der Waals surface area contributed by atoms with Crippen molar-refractivity contribution in [2.75, 3.05) is 18.4 Å². The Balaban J connectivity index is 1.31. The van der Waals surface area contributed by atoms with Crippen molar-refractivity contribution in [3.8, 4) is 11.1 Å². The van der Waals surface area contributed by atoms with E-state index < -0.39 is 23.7 Å². The summed E-state index contributed by atoms with van der Waals surface area (Å²) in [6.07, 6.45) is -4.44. The molecule has 0 fully saturated rings. The molecule has 1 aromatic heterocycles. The monoisotopic (exact) mass is 610 g/mol. The molecule has 5 aromatic rings. The molecule has 230 valence electrons. The summed E-state index contributed by atoms with van der Waals surface area (Å²) in [5, 5.41) is 7.11. The summed E-state index contributed by atoms with van der Waals surface area (Å²) in [6.45, 7) is 5.65. The number of benzene rings is 4. The number of carbonyl (C=O) groups excluding carboxylic acids is 2. The number of hydrogen-bond donors (Lipinski definition) is 2. The minimum absolute atomic E-state index is 0.0222. The number of fused-ring (bicyclic) bond motifs is 1. The van der Waals surface area contributed by atoms with Gasteiger partial charge in [-0.15, -0.1) is 0 Å². The Morgan fingerprint density at radius 3 is 2.20 bits per heavy atom. The molecule has 0 aliphatic rings. The summed E-state index contributed by atoms with van der Waals surface area (Å²) in [5.74, 6) is -0.0634.